The van der Waals surface area contributed by atoms with Crippen LogP contribution in [-0.2, 0) is 4.79 Å². The molecule has 0 amide bonds. The molecule has 0 saturated carbocycles. The number of nitrogens with zero attached hydrogens (tertiary/aromatic N) is 1. The minimum Gasteiger partial charge on any atom is -0.481 e. The second-order valence-corrected chi connectivity index (χ2v) is 3.88. The normalized spacial score (nSPS) is 26.5. The Labute approximate surface area is 87.5 Å². The van der Waals surface area contributed by atoms with E-state index in [4.69, 9.17) is 9.52 Å². The van der Waals surface area contributed by atoms with Gasteiger partial charge in [-0.3, -0.25) is 4.79 Å². The van der Waals surface area contributed by atoms with E-state index in [9.17, 15) is 4.79 Å². The highest BCUT2D eigenvalue weighted by atomic mass is 16.4. The van der Waals surface area contributed by atoms with Crippen LogP contribution in [0.5, 0.6) is 0 Å². The Kier molecular flexibility index (Phi) is 2.73. The number of rotatable bonds is 2. The van der Waals surface area contributed by atoms with E-state index in [2.05, 4.69) is 10.3 Å². The summed E-state index contributed by atoms with van der Waals surface area (Å²) in [4.78, 5) is 14.9. The summed E-state index contributed by atoms with van der Waals surface area (Å²) in [5.41, 5.74) is 0. The fourth-order valence-electron chi connectivity index (χ4n) is 1.81. The van der Waals surface area contributed by atoms with Gasteiger partial charge in [-0.2, -0.15) is 0 Å². The number of aromatic nitrogens is 1. The van der Waals surface area contributed by atoms with E-state index < -0.39 is 5.97 Å². The molecule has 2 heterocycles. The van der Waals surface area contributed by atoms with Crippen LogP contribution in [0, 0.1) is 12.8 Å². The predicted molar refractivity (Wildman–Crippen MR) is 52.3 cm³/mol. The number of aliphatic carboxylic acids is 1. The lowest BCUT2D eigenvalue weighted by molar-refractivity contribution is -0.142. The van der Waals surface area contributed by atoms with Gasteiger partial charge < -0.3 is 14.8 Å². The number of carbonyl (C=O) groups is 1. The Morgan fingerprint density at radius 1 is 1.67 bits per heavy atom. The predicted octanol–water partition coefficient (Wildman–Crippen LogP) is 1.11. The lowest BCUT2D eigenvalue weighted by Gasteiger charge is -2.25. The first-order valence-corrected chi connectivity index (χ1v) is 5.05. The molecule has 0 aliphatic carbocycles. The number of oxazole rings is 1. The van der Waals surface area contributed by atoms with Crippen molar-refractivity contribution >= 4 is 5.97 Å². The van der Waals surface area contributed by atoms with Gasteiger partial charge in [0, 0.05) is 6.54 Å². The molecular weight excluding hydrogens is 196 g/mol. The average Bonchev–Trinajstić information content (AvgIpc) is 2.65. The van der Waals surface area contributed by atoms with E-state index in [0.717, 1.165) is 12.2 Å². The summed E-state index contributed by atoms with van der Waals surface area (Å²) >= 11 is 0. The van der Waals surface area contributed by atoms with Crippen LogP contribution in [0.4, 0.5) is 0 Å². The standard InChI is InChI=1S/C10H14N2O3/c1-6-4-12-9(15-6)8-3-2-7(5-11-8)10(13)14/h4,7-8,11H,2-3,5H2,1H3,(H,13,14). The van der Waals surface area contributed by atoms with Crippen LogP contribution in [-0.4, -0.2) is 22.6 Å². The monoisotopic (exact) mass is 210 g/mol. The summed E-state index contributed by atoms with van der Waals surface area (Å²) in [6.07, 6.45) is 3.12. The Balaban J connectivity index is 1.96. The fourth-order valence-corrected chi connectivity index (χ4v) is 1.81. The highest BCUT2D eigenvalue weighted by molar-refractivity contribution is 5.70. The van der Waals surface area contributed by atoms with E-state index in [1.807, 2.05) is 6.92 Å². The minimum atomic E-state index is -0.732. The van der Waals surface area contributed by atoms with Crippen LogP contribution in [0.25, 0.3) is 0 Å². The molecule has 1 aromatic heterocycles. The molecular formula is C10H14N2O3. The van der Waals surface area contributed by atoms with Gasteiger partial charge in [-0.1, -0.05) is 0 Å². The zero-order valence-electron chi connectivity index (χ0n) is 8.56. The smallest absolute Gasteiger partial charge is 0.307 e. The van der Waals surface area contributed by atoms with Crippen LogP contribution >= 0.6 is 0 Å². The van der Waals surface area contributed by atoms with Gasteiger partial charge in [0.2, 0.25) is 5.89 Å². The molecule has 1 aliphatic rings. The highest BCUT2D eigenvalue weighted by Gasteiger charge is 2.28. The topological polar surface area (TPSA) is 75.4 Å². The van der Waals surface area contributed by atoms with Gasteiger partial charge in [0.05, 0.1) is 18.2 Å². The zero-order chi connectivity index (χ0) is 10.8. The maximum atomic E-state index is 10.7. The molecule has 0 spiro atoms. The molecule has 0 aromatic carbocycles. The number of hydrogen-bond donors (Lipinski definition) is 2. The maximum absolute atomic E-state index is 10.7. The van der Waals surface area contributed by atoms with Crippen LogP contribution in [0.1, 0.15) is 30.5 Å². The lowest BCUT2D eigenvalue weighted by atomic mass is 9.95. The van der Waals surface area contributed by atoms with Crippen LogP contribution in [0.15, 0.2) is 10.6 Å². The first-order valence-electron chi connectivity index (χ1n) is 5.05. The molecule has 5 nitrogen and oxygen atoms in total. The van der Waals surface area contributed by atoms with E-state index in [1.165, 1.54) is 0 Å². The van der Waals surface area contributed by atoms with Crippen molar-refractivity contribution < 1.29 is 14.3 Å². The molecule has 2 atom stereocenters. The lowest BCUT2D eigenvalue weighted by Crippen LogP contribution is -2.36. The third-order valence-electron chi connectivity index (χ3n) is 2.70. The van der Waals surface area contributed by atoms with Crippen molar-refractivity contribution in [2.24, 2.45) is 5.92 Å². The fraction of sp³-hybridized carbons (Fsp3) is 0.600. The third-order valence-corrected chi connectivity index (χ3v) is 2.70. The summed E-state index contributed by atoms with van der Waals surface area (Å²) in [5.74, 6) is 0.436. The molecule has 0 bridgehead atoms. The summed E-state index contributed by atoms with van der Waals surface area (Å²) in [5, 5.41) is 12.0. The summed E-state index contributed by atoms with van der Waals surface area (Å²) < 4.78 is 5.40. The summed E-state index contributed by atoms with van der Waals surface area (Å²) in [6, 6.07) is 0.0642. The van der Waals surface area contributed by atoms with Crippen LogP contribution < -0.4 is 5.32 Å². The zero-order valence-corrected chi connectivity index (χ0v) is 8.56. The molecule has 0 radical (unpaired) electrons. The molecule has 82 valence electrons. The summed E-state index contributed by atoms with van der Waals surface area (Å²) in [6.45, 7) is 2.33. The van der Waals surface area contributed by atoms with Crippen molar-refractivity contribution in [1.29, 1.82) is 0 Å². The quantitative estimate of drug-likeness (QED) is 0.764. The Morgan fingerprint density at radius 2 is 2.47 bits per heavy atom. The van der Waals surface area contributed by atoms with Crippen molar-refractivity contribution in [1.82, 2.24) is 10.3 Å². The van der Waals surface area contributed by atoms with Gasteiger partial charge in [0.25, 0.3) is 0 Å². The van der Waals surface area contributed by atoms with Crippen molar-refractivity contribution in [3.05, 3.63) is 17.8 Å². The van der Waals surface area contributed by atoms with Crippen molar-refractivity contribution in [3.8, 4) is 0 Å². The highest BCUT2D eigenvalue weighted by Crippen LogP contribution is 2.25. The minimum absolute atomic E-state index is 0.0642. The number of piperidine rings is 1. The largest absolute Gasteiger partial charge is 0.481 e. The van der Waals surface area contributed by atoms with E-state index >= 15 is 0 Å². The van der Waals surface area contributed by atoms with Gasteiger partial charge in [-0.15, -0.1) is 0 Å². The van der Waals surface area contributed by atoms with Gasteiger partial charge in [0.1, 0.15) is 5.76 Å². The molecule has 1 fully saturated rings. The number of carboxylic acids is 1. The molecule has 5 heteroatoms. The van der Waals surface area contributed by atoms with Crippen molar-refractivity contribution in [2.45, 2.75) is 25.8 Å². The van der Waals surface area contributed by atoms with Crippen molar-refractivity contribution in [3.63, 3.8) is 0 Å². The Hall–Kier alpha value is -1.36. The van der Waals surface area contributed by atoms with Crippen molar-refractivity contribution in [2.75, 3.05) is 6.54 Å². The van der Waals surface area contributed by atoms with Gasteiger partial charge >= 0.3 is 5.97 Å². The number of nitrogens with one attached hydrogen (secondary N) is 1. The number of carboxylic acid groups (broad SMARTS) is 1. The Morgan fingerprint density at radius 3 is 2.93 bits per heavy atom. The first kappa shape index (κ1) is 10.2. The first-order chi connectivity index (χ1) is 7.16. The number of aryl methyl sites for hydroxylation is 1. The van der Waals surface area contributed by atoms with E-state index in [1.54, 1.807) is 6.20 Å². The second-order valence-electron chi connectivity index (χ2n) is 3.88. The third kappa shape index (κ3) is 2.18. The van der Waals surface area contributed by atoms with E-state index in [-0.39, 0.29) is 12.0 Å². The molecule has 1 aliphatic heterocycles. The van der Waals surface area contributed by atoms with Gasteiger partial charge in [-0.05, 0) is 19.8 Å². The van der Waals surface area contributed by atoms with Crippen LogP contribution in [0.2, 0.25) is 0 Å². The molecule has 1 saturated heterocycles. The molecule has 2 N–H and O–H groups in total. The second kappa shape index (κ2) is 4.02. The number of hydrogen-bond acceptors (Lipinski definition) is 4. The molecule has 2 rings (SSSR count). The average molecular weight is 210 g/mol. The maximum Gasteiger partial charge on any atom is 0.307 e. The van der Waals surface area contributed by atoms with Gasteiger partial charge in [-0.25, -0.2) is 4.98 Å². The molecule has 15 heavy (non-hydrogen) atoms. The molecule has 1 aromatic rings. The van der Waals surface area contributed by atoms with E-state index in [0.29, 0.717) is 18.9 Å². The molecule has 2 unspecified atom stereocenters. The summed E-state index contributed by atoms with van der Waals surface area (Å²) in [7, 11) is 0. The SMILES string of the molecule is Cc1cnc(C2CCC(C(=O)O)CN2)o1. The Bertz CT molecular complexity index is 353. The van der Waals surface area contributed by atoms with Crippen LogP contribution in [0.3, 0.4) is 0 Å². The van der Waals surface area contributed by atoms with Gasteiger partial charge in [0.15, 0.2) is 0 Å².